The Labute approximate surface area is 347 Å². The summed E-state index contributed by atoms with van der Waals surface area (Å²) < 4.78 is 14.8. The van der Waals surface area contributed by atoms with Gasteiger partial charge in [-0.15, -0.1) is 0 Å². The Balaban J connectivity index is 1.01. The molecule has 3 heterocycles. The summed E-state index contributed by atoms with van der Waals surface area (Å²) in [5.41, 5.74) is 6.33. The van der Waals surface area contributed by atoms with Gasteiger partial charge in [0, 0.05) is 19.2 Å². The van der Waals surface area contributed by atoms with Crippen molar-refractivity contribution in [1.82, 2.24) is 40.8 Å². The molecule has 4 aromatic carbocycles. The van der Waals surface area contributed by atoms with E-state index in [0.29, 0.717) is 23.8 Å². The number of ether oxygens (including phenoxy) is 3. The van der Waals surface area contributed by atoms with Gasteiger partial charge in [0.25, 0.3) is 5.91 Å². The highest BCUT2D eigenvalue weighted by Gasteiger charge is 2.37. The van der Waals surface area contributed by atoms with Gasteiger partial charge in [-0.2, -0.15) is 0 Å². The molecule has 0 unspecified atom stereocenters. The normalized spacial score (nSPS) is 15.8. The molecule has 0 aliphatic carbocycles. The van der Waals surface area contributed by atoms with E-state index in [1.807, 2.05) is 36.4 Å². The van der Waals surface area contributed by atoms with Gasteiger partial charge in [0.15, 0.2) is 0 Å². The number of likely N-dealkylation sites (tertiary alicyclic amines) is 1. The molecule has 310 valence electrons. The number of carbonyl (C=O) groups excluding carboxylic acids is 4. The van der Waals surface area contributed by atoms with E-state index in [9.17, 15) is 19.2 Å². The molecule has 0 radical (unpaired) electrons. The van der Waals surface area contributed by atoms with Crippen molar-refractivity contribution in [2.45, 2.75) is 57.0 Å². The highest BCUT2D eigenvalue weighted by atomic mass is 16.5. The smallest absolute Gasteiger partial charge is 0.407 e. The number of hydrogen-bond acceptors (Lipinski definition) is 9. The van der Waals surface area contributed by atoms with Gasteiger partial charge < -0.3 is 45.0 Å². The van der Waals surface area contributed by atoms with Crippen LogP contribution in [0, 0.1) is 0 Å². The third kappa shape index (κ3) is 9.00. The van der Waals surface area contributed by atoms with Crippen LogP contribution in [-0.4, -0.2) is 88.9 Å². The monoisotopic (exact) mass is 812 g/mol. The average molecular weight is 813 g/mol. The number of rotatable bonds is 13. The largest absolute Gasteiger partial charge is 0.453 e. The van der Waals surface area contributed by atoms with E-state index >= 15 is 0 Å². The summed E-state index contributed by atoms with van der Waals surface area (Å²) in [6.07, 6.45) is 3.09. The molecule has 5 atom stereocenters. The molecule has 2 aromatic heterocycles. The lowest BCUT2D eigenvalue weighted by atomic mass is 9.98. The molecule has 0 spiro atoms. The van der Waals surface area contributed by atoms with Gasteiger partial charge in [-0.05, 0) is 71.8 Å². The van der Waals surface area contributed by atoms with Gasteiger partial charge in [-0.25, -0.2) is 19.6 Å². The number of methoxy groups -OCH3 is 3. The van der Waals surface area contributed by atoms with E-state index in [2.05, 4.69) is 90.2 Å². The summed E-state index contributed by atoms with van der Waals surface area (Å²) in [4.78, 5) is 68.8. The van der Waals surface area contributed by atoms with Crippen molar-refractivity contribution in [3.8, 4) is 33.6 Å². The number of alkyl carbamates (subject to hydrolysis) is 2. The minimum absolute atomic E-state index is 0.217. The fourth-order valence-corrected chi connectivity index (χ4v) is 7.47. The first-order valence-electron chi connectivity index (χ1n) is 19.7. The molecule has 1 saturated heterocycles. The Morgan fingerprint density at radius 2 is 1.33 bits per heavy atom. The summed E-state index contributed by atoms with van der Waals surface area (Å²) in [6.45, 7) is 4.04. The molecule has 1 fully saturated rings. The van der Waals surface area contributed by atoms with Gasteiger partial charge in [0.05, 0.1) is 56.2 Å². The number of nitrogens with one attached hydrogen (secondary N) is 5. The second-order valence-corrected chi connectivity index (χ2v) is 14.7. The van der Waals surface area contributed by atoms with Gasteiger partial charge in [0.2, 0.25) is 5.91 Å². The fraction of sp³-hybridized carbons (Fsp3) is 0.289. The first-order chi connectivity index (χ1) is 29.1. The maximum Gasteiger partial charge on any atom is 0.407 e. The molecule has 4 amide bonds. The van der Waals surface area contributed by atoms with Crippen LogP contribution in [0.15, 0.2) is 103 Å². The van der Waals surface area contributed by atoms with Gasteiger partial charge in [0.1, 0.15) is 23.7 Å². The summed E-state index contributed by atoms with van der Waals surface area (Å²) in [6, 6.07) is 27.4. The summed E-state index contributed by atoms with van der Waals surface area (Å²) >= 11 is 0. The van der Waals surface area contributed by atoms with Crippen LogP contribution in [0.3, 0.4) is 0 Å². The van der Waals surface area contributed by atoms with Crippen molar-refractivity contribution in [2.24, 2.45) is 0 Å². The SMILES string of the molecule is COC(=O)N[C@H](C(=O)N[C@@H](C)c1ncc(-c2ccc3cc(-c4ccc(-c5cnc([C@@H]6CCCN6C(=O)[C@H](NC(=O)OC)c6ccccc6)[nH]5)cc4)ccc3c2)[nH]1)[C@@H](C)OC. The Kier molecular flexibility index (Phi) is 12.5. The van der Waals surface area contributed by atoms with E-state index in [1.54, 1.807) is 31.1 Å². The van der Waals surface area contributed by atoms with Crippen LogP contribution in [0.25, 0.3) is 44.4 Å². The minimum Gasteiger partial charge on any atom is -0.453 e. The van der Waals surface area contributed by atoms with Crippen molar-refractivity contribution < 1.29 is 33.4 Å². The molecule has 1 aliphatic heterocycles. The van der Waals surface area contributed by atoms with Crippen LogP contribution in [0.2, 0.25) is 0 Å². The van der Waals surface area contributed by atoms with Crippen molar-refractivity contribution in [3.63, 3.8) is 0 Å². The topological polar surface area (TPSA) is 193 Å². The summed E-state index contributed by atoms with van der Waals surface area (Å²) in [5.74, 6) is 0.606. The molecule has 6 aromatic rings. The molecule has 15 heteroatoms. The molecule has 1 aliphatic rings. The van der Waals surface area contributed by atoms with Crippen LogP contribution in [0.5, 0.6) is 0 Å². The first kappa shape index (κ1) is 41.2. The predicted molar refractivity (Wildman–Crippen MR) is 225 cm³/mol. The third-order valence-corrected chi connectivity index (χ3v) is 10.9. The average Bonchev–Trinajstić information content (AvgIpc) is 4.09. The predicted octanol–water partition coefficient (Wildman–Crippen LogP) is 6.98. The van der Waals surface area contributed by atoms with Crippen LogP contribution in [0.1, 0.15) is 62.0 Å². The Morgan fingerprint density at radius 1 is 0.717 bits per heavy atom. The lowest BCUT2D eigenvalue weighted by Gasteiger charge is -2.28. The number of carbonyl (C=O) groups is 4. The van der Waals surface area contributed by atoms with Gasteiger partial charge in [-0.3, -0.25) is 9.59 Å². The highest BCUT2D eigenvalue weighted by Crippen LogP contribution is 2.35. The fourth-order valence-electron chi connectivity index (χ4n) is 7.47. The quantitative estimate of drug-likeness (QED) is 0.0818. The second kappa shape index (κ2) is 18.3. The van der Waals surface area contributed by atoms with Crippen molar-refractivity contribution in [3.05, 3.63) is 121 Å². The summed E-state index contributed by atoms with van der Waals surface area (Å²) in [7, 11) is 3.97. The first-order valence-corrected chi connectivity index (χ1v) is 19.7. The number of H-pyrrole nitrogens is 2. The van der Waals surface area contributed by atoms with Crippen LogP contribution in [0.4, 0.5) is 9.59 Å². The van der Waals surface area contributed by atoms with Crippen LogP contribution in [-0.2, 0) is 23.8 Å². The van der Waals surface area contributed by atoms with Crippen molar-refractivity contribution in [2.75, 3.05) is 27.9 Å². The van der Waals surface area contributed by atoms with E-state index < -0.39 is 42.3 Å². The number of aromatic nitrogens is 4. The molecular weight excluding hydrogens is 765 g/mol. The van der Waals surface area contributed by atoms with E-state index in [1.165, 1.54) is 21.3 Å². The maximum absolute atomic E-state index is 13.9. The summed E-state index contributed by atoms with van der Waals surface area (Å²) in [5, 5.41) is 10.2. The molecule has 60 heavy (non-hydrogen) atoms. The molecular formula is C45H48N8O7. The van der Waals surface area contributed by atoms with Gasteiger partial charge >= 0.3 is 12.2 Å². The van der Waals surface area contributed by atoms with Crippen LogP contribution >= 0.6 is 0 Å². The van der Waals surface area contributed by atoms with Crippen LogP contribution < -0.4 is 16.0 Å². The second-order valence-electron chi connectivity index (χ2n) is 14.7. The van der Waals surface area contributed by atoms with Crippen molar-refractivity contribution >= 4 is 34.8 Å². The lowest BCUT2D eigenvalue weighted by Crippen LogP contribution is -2.53. The molecule has 15 nitrogen and oxygen atoms in total. The molecule has 5 N–H and O–H groups in total. The zero-order chi connectivity index (χ0) is 42.3. The number of imidazole rings is 2. The zero-order valence-corrected chi connectivity index (χ0v) is 34.0. The third-order valence-electron chi connectivity index (χ3n) is 10.9. The number of hydrogen-bond donors (Lipinski definition) is 5. The Hall–Kier alpha value is -7.00. The number of nitrogens with zero attached hydrogens (tertiary/aromatic N) is 3. The van der Waals surface area contributed by atoms with Gasteiger partial charge in [-0.1, -0.05) is 78.9 Å². The zero-order valence-electron chi connectivity index (χ0n) is 34.0. The highest BCUT2D eigenvalue weighted by molar-refractivity contribution is 5.91. The number of fused-ring (bicyclic) bond motifs is 1. The molecule has 7 rings (SSSR count). The van der Waals surface area contributed by atoms with E-state index in [0.717, 1.165) is 57.3 Å². The number of aromatic amines is 2. The standard InChI is InChI=1S/C45H48N8O7/c1-26(48-42(54)38(27(2)58-3)51-44(56)59-4)40-46-25-36(49-40)34-20-19-32-22-31(17-18-33(32)23-34)28-13-15-29(16-14-28)35-24-47-41(50-35)37-12-9-21-53(37)43(55)39(52-45(57)60-5)30-10-7-6-8-11-30/h6-8,10-11,13-20,22-27,37-39H,9,12,21H2,1-5H3,(H,46,49)(H,47,50)(H,48,54)(H,51,56)(H,52,57)/t26-,27+,37-,38-,39+/m0/s1. The Bertz CT molecular complexity index is 2470. The minimum atomic E-state index is -0.958. The molecule has 0 saturated carbocycles. The van der Waals surface area contributed by atoms with E-state index in [-0.39, 0.29) is 11.9 Å². The van der Waals surface area contributed by atoms with E-state index in [4.69, 9.17) is 14.5 Å². The molecule has 0 bridgehead atoms. The lowest BCUT2D eigenvalue weighted by molar-refractivity contribution is -0.134. The maximum atomic E-state index is 13.9. The van der Waals surface area contributed by atoms with Crippen molar-refractivity contribution in [1.29, 1.82) is 0 Å². The Morgan fingerprint density at radius 3 is 2.03 bits per heavy atom. The number of benzene rings is 4. The number of amides is 4.